The molecule has 0 aromatic carbocycles. The Morgan fingerprint density at radius 3 is 2.67 bits per heavy atom. The van der Waals surface area contributed by atoms with Gasteiger partial charge in [0.2, 0.25) is 5.82 Å². The van der Waals surface area contributed by atoms with Crippen molar-refractivity contribution in [2.75, 3.05) is 0 Å². The fourth-order valence-electron chi connectivity index (χ4n) is 0.951. The van der Waals surface area contributed by atoms with E-state index >= 15 is 0 Å². The zero-order chi connectivity index (χ0) is 5.90. The summed E-state index contributed by atoms with van der Waals surface area (Å²) >= 11 is 0. The van der Waals surface area contributed by atoms with Crippen LogP contribution in [0.25, 0.3) is 0 Å². The van der Waals surface area contributed by atoms with E-state index in [2.05, 4.69) is 25.6 Å². The Bertz CT molecular complexity index is 291. The Morgan fingerprint density at radius 1 is 1.44 bits per heavy atom. The number of hydrogen-bond donors (Lipinski definition) is 0. The van der Waals surface area contributed by atoms with Gasteiger partial charge >= 0.3 is 0 Å². The molecule has 1 aromatic rings. The molecule has 0 saturated heterocycles. The summed E-state index contributed by atoms with van der Waals surface area (Å²) in [5.41, 5.74) is -0.373. The van der Waals surface area contributed by atoms with Gasteiger partial charge in [-0.05, 0) is 5.21 Å². The average Bonchev–Trinajstić information content (AvgIpc) is 2.40. The van der Waals surface area contributed by atoms with Crippen molar-refractivity contribution in [3.05, 3.63) is 5.82 Å². The van der Waals surface area contributed by atoms with Crippen molar-refractivity contribution in [2.24, 2.45) is 10.2 Å². The average molecular weight is 122 g/mol. The van der Waals surface area contributed by atoms with Gasteiger partial charge in [-0.1, -0.05) is 0 Å². The van der Waals surface area contributed by atoms with Crippen LogP contribution in [0.4, 0.5) is 0 Å². The molecule has 0 fully saturated rings. The summed E-state index contributed by atoms with van der Waals surface area (Å²) in [5.74, 6) is 0.641. The standard InChI is InChI=1S/C3H2N6/c1-3(6-7-3)2-4-8-9(1)5-2/h1H2. The van der Waals surface area contributed by atoms with Crippen LogP contribution < -0.4 is 0 Å². The molecule has 2 aliphatic heterocycles. The van der Waals surface area contributed by atoms with E-state index < -0.39 is 0 Å². The molecule has 0 radical (unpaired) electrons. The van der Waals surface area contributed by atoms with Gasteiger partial charge in [0.1, 0.15) is 6.54 Å². The van der Waals surface area contributed by atoms with E-state index in [-0.39, 0.29) is 5.66 Å². The SMILES string of the molecule is C1n2nnc(n2)C12N=N2. The fourth-order valence-corrected chi connectivity index (χ4v) is 0.951. The van der Waals surface area contributed by atoms with E-state index in [1.54, 1.807) is 0 Å². The number of tetrazole rings is 1. The summed E-state index contributed by atoms with van der Waals surface area (Å²) in [6.07, 6.45) is 0. The smallest absolute Gasteiger partial charge is 0.159 e. The Labute approximate surface area is 49.6 Å². The molecule has 9 heavy (non-hydrogen) atoms. The van der Waals surface area contributed by atoms with Gasteiger partial charge in [0.05, 0.1) is 0 Å². The van der Waals surface area contributed by atoms with Crippen molar-refractivity contribution >= 4 is 0 Å². The lowest BCUT2D eigenvalue weighted by molar-refractivity contribution is 0.445. The Kier molecular flexibility index (Phi) is 0.313. The van der Waals surface area contributed by atoms with Crippen molar-refractivity contribution in [1.29, 1.82) is 0 Å². The quantitative estimate of drug-likeness (QED) is 0.457. The lowest BCUT2D eigenvalue weighted by Gasteiger charge is -1.96. The van der Waals surface area contributed by atoms with Crippen molar-refractivity contribution in [3.63, 3.8) is 0 Å². The summed E-state index contributed by atoms with van der Waals surface area (Å²) in [5, 5.41) is 19.0. The lowest BCUT2D eigenvalue weighted by Crippen LogP contribution is -2.16. The van der Waals surface area contributed by atoms with Crippen LogP contribution in [0.5, 0.6) is 0 Å². The van der Waals surface area contributed by atoms with Crippen molar-refractivity contribution in [3.8, 4) is 0 Å². The molecule has 44 valence electrons. The zero-order valence-corrected chi connectivity index (χ0v) is 4.39. The van der Waals surface area contributed by atoms with Crippen molar-refractivity contribution < 1.29 is 0 Å². The van der Waals surface area contributed by atoms with Gasteiger partial charge in [0.15, 0.2) is 0 Å². The van der Waals surface area contributed by atoms with Gasteiger partial charge in [-0.2, -0.15) is 4.80 Å². The Balaban J connectivity index is 2.29. The first-order chi connectivity index (χ1) is 4.39. The highest BCUT2D eigenvalue weighted by Gasteiger charge is 2.52. The third-order valence-electron chi connectivity index (χ3n) is 1.51. The lowest BCUT2D eigenvalue weighted by atomic mass is 10.2. The largest absolute Gasteiger partial charge is 0.274 e. The van der Waals surface area contributed by atoms with Crippen molar-refractivity contribution in [1.82, 2.24) is 20.2 Å². The second-order valence-electron chi connectivity index (χ2n) is 2.16. The molecule has 0 atom stereocenters. The van der Waals surface area contributed by atoms with Gasteiger partial charge in [0.25, 0.3) is 5.66 Å². The summed E-state index contributed by atoms with van der Waals surface area (Å²) in [6, 6.07) is 0. The summed E-state index contributed by atoms with van der Waals surface area (Å²) in [7, 11) is 0. The molecule has 0 unspecified atom stereocenters. The molecule has 6 nitrogen and oxygen atoms in total. The minimum absolute atomic E-state index is 0.373. The molecule has 3 rings (SSSR count). The van der Waals surface area contributed by atoms with Gasteiger partial charge in [0, 0.05) is 0 Å². The van der Waals surface area contributed by atoms with Gasteiger partial charge in [-0.15, -0.1) is 20.4 Å². The molecular weight excluding hydrogens is 120 g/mol. The van der Waals surface area contributed by atoms with Crippen LogP contribution in [0.15, 0.2) is 10.2 Å². The minimum Gasteiger partial charge on any atom is -0.159 e. The van der Waals surface area contributed by atoms with E-state index in [0.717, 1.165) is 0 Å². The molecule has 1 spiro atoms. The van der Waals surface area contributed by atoms with E-state index in [1.807, 2.05) is 0 Å². The van der Waals surface area contributed by atoms with E-state index in [9.17, 15) is 0 Å². The van der Waals surface area contributed by atoms with Crippen LogP contribution >= 0.6 is 0 Å². The van der Waals surface area contributed by atoms with Gasteiger partial charge in [-0.3, -0.25) is 0 Å². The number of fused-ring (bicyclic) bond motifs is 3. The van der Waals surface area contributed by atoms with Gasteiger partial charge < -0.3 is 0 Å². The van der Waals surface area contributed by atoms with Crippen LogP contribution in [-0.4, -0.2) is 20.2 Å². The first-order valence-corrected chi connectivity index (χ1v) is 2.61. The number of nitrogens with zero attached hydrogens (tertiary/aromatic N) is 6. The number of hydrogen-bond acceptors (Lipinski definition) is 5. The topological polar surface area (TPSA) is 68.3 Å². The molecule has 3 heterocycles. The minimum atomic E-state index is -0.373. The normalized spacial score (nSPS) is 23.6. The van der Waals surface area contributed by atoms with Crippen LogP contribution in [-0.2, 0) is 12.2 Å². The third kappa shape index (κ3) is 0.260. The van der Waals surface area contributed by atoms with Gasteiger partial charge in [-0.25, -0.2) is 0 Å². The fraction of sp³-hybridized carbons (Fsp3) is 0.667. The first-order valence-electron chi connectivity index (χ1n) is 2.61. The predicted octanol–water partition coefficient (Wildman–Crippen LogP) is -0.695. The molecule has 1 aromatic heterocycles. The molecule has 2 bridgehead atoms. The summed E-state index contributed by atoms with van der Waals surface area (Å²) < 4.78 is 0. The Morgan fingerprint density at radius 2 is 2.33 bits per heavy atom. The summed E-state index contributed by atoms with van der Waals surface area (Å²) in [4.78, 5) is 1.51. The highest BCUT2D eigenvalue weighted by atomic mass is 15.7. The highest BCUT2D eigenvalue weighted by Crippen LogP contribution is 2.41. The molecule has 0 aliphatic carbocycles. The number of rotatable bonds is 0. The highest BCUT2D eigenvalue weighted by molar-refractivity contribution is 5.10. The molecule has 2 aliphatic rings. The molecular formula is C3H2N6. The van der Waals surface area contributed by atoms with E-state index in [0.29, 0.717) is 12.4 Å². The molecule has 0 saturated carbocycles. The maximum Gasteiger partial charge on any atom is 0.274 e. The van der Waals surface area contributed by atoms with Crippen LogP contribution in [0, 0.1) is 0 Å². The Hall–Kier alpha value is -1.33. The van der Waals surface area contributed by atoms with Crippen LogP contribution in [0.3, 0.4) is 0 Å². The predicted molar refractivity (Wildman–Crippen MR) is 24.4 cm³/mol. The second kappa shape index (κ2) is 0.772. The first kappa shape index (κ1) is 3.65. The van der Waals surface area contributed by atoms with Crippen LogP contribution in [0.1, 0.15) is 5.82 Å². The summed E-state index contributed by atoms with van der Waals surface area (Å²) in [6.45, 7) is 0.659. The van der Waals surface area contributed by atoms with E-state index in [1.165, 1.54) is 4.80 Å². The molecule has 0 N–H and O–H groups in total. The maximum absolute atomic E-state index is 3.94. The molecule has 0 amide bonds. The second-order valence-corrected chi connectivity index (χ2v) is 2.16. The van der Waals surface area contributed by atoms with Crippen molar-refractivity contribution in [2.45, 2.75) is 12.2 Å². The maximum atomic E-state index is 3.94. The monoisotopic (exact) mass is 122 g/mol. The van der Waals surface area contributed by atoms with Crippen LogP contribution in [0.2, 0.25) is 0 Å². The number of aromatic nitrogens is 4. The van der Waals surface area contributed by atoms with E-state index in [4.69, 9.17) is 0 Å². The third-order valence-corrected chi connectivity index (χ3v) is 1.51. The molecule has 6 heteroatoms. The zero-order valence-electron chi connectivity index (χ0n) is 4.39.